The second-order valence-corrected chi connectivity index (χ2v) is 6.54. The van der Waals surface area contributed by atoms with Crippen LogP contribution in [0, 0.1) is 0 Å². The van der Waals surface area contributed by atoms with E-state index in [4.69, 9.17) is 5.73 Å². The molecule has 3 N–H and O–H groups in total. The highest BCUT2D eigenvalue weighted by Gasteiger charge is 2.16. The summed E-state index contributed by atoms with van der Waals surface area (Å²) < 4.78 is 27.4. The Morgan fingerprint density at radius 2 is 1.68 bits per heavy atom. The van der Waals surface area contributed by atoms with Gasteiger partial charge in [0.15, 0.2) is 0 Å². The molecular formula is C13H13BrN2O2S. The molecule has 0 saturated heterocycles. The standard InChI is InChI=1S/C13H13BrN2O2S/c14-11-6-2-4-8-13(11)19(17,18)16-9-10-5-1-3-7-12(10)15/h1-8,16H,9,15H2. The number of benzene rings is 2. The third-order valence-corrected chi connectivity index (χ3v) is 5.05. The van der Waals surface area contributed by atoms with Gasteiger partial charge in [-0.15, -0.1) is 0 Å². The van der Waals surface area contributed by atoms with Crippen molar-refractivity contribution in [1.82, 2.24) is 4.72 Å². The van der Waals surface area contributed by atoms with Crippen LogP contribution in [-0.2, 0) is 16.6 Å². The average molecular weight is 341 g/mol. The molecule has 2 rings (SSSR count). The molecule has 2 aromatic rings. The summed E-state index contributed by atoms with van der Waals surface area (Å²) >= 11 is 3.23. The first kappa shape index (κ1) is 14.0. The van der Waals surface area contributed by atoms with Crippen LogP contribution in [0.4, 0.5) is 5.69 Å². The Balaban J connectivity index is 2.20. The van der Waals surface area contributed by atoms with Gasteiger partial charge in [0.25, 0.3) is 0 Å². The summed E-state index contributed by atoms with van der Waals surface area (Å²) in [5, 5.41) is 0. The van der Waals surface area contributed by atoms with Gasteiger partial charge < -0.3 is 5.73 Å². The number of hydrogen-bond acceptors (Lipinski definition) is 3. The van der Waals surface area contributed by atoms with Crippen molar-refractivity contribution in [1.29, 1.82) is 0 Å². The van der Waals surface area contributed by atoms with Crippen LogP contribution in [-0.4, -0.2) is 8.42 Å². The molecule has 0 unspecified atom stereocenters. The van der Waals surface area contributed by atoms with Crippen LogP contribution in [0.3, 0.4) is 0 Å². The van der Waals surface area contributed by atoms with Crippen molar-refractivity contribution in [3.05, 3.63) is 58.6 Å². The summed E-state index contributed by atoms with van der Waals surface area (Å²) in [5.41, 5.74) is 7.09. The number of nitrogen functional groups attached to an aromatic ring is 1. The number of para-hydroxylation sites is 1. The number of sulfonamides is 1. The highest BCUT2D eigenvalue weighted by atomic mass is 79.9. The molecule has 2 aromatic carbocycles. The lowest BCUT2D eigenvalue weighted by Crippen LogP contribution is -2.24. The Morgan fingerprint density at radius 3 is 2.37 bits per heavy atom. The van der Waals surface area contributed by atoms with Crippen molar-refractivity contribution in [2.24, 2.45) is 0 Å². The van der Waals surface area contributed by atoms with Crippen LogP contribution < -0.4 is 10.5 Å². The fourth-order valence-corrected chi connectivity index (χ4v) is 3.62. The summed E-state index contributed by atoms with van der Waals surface area (Å²) in [4.78, 5) is 0.213. The first-order valence-electron chi connectivity index (χ1n) is 5.58. The molecule has 0 saturated carbocycles. The topological polar surface area (TPSA) is 72.2 Å². The van der Waals surface area contributed by atoms with E-state index in [0.717, 1.165) is 5.56 Å². The van der Waals surface area contributed by atoms with Crippen LogP contribution in [0.25, 0.3) is 0 Å². The average Bonchev–Trinajstić information content (AvgIpc) is 2.38. The maximum atomic E-state index is 12.2. The monoisotopic (exact) mass is 340 g/mol. The van der Waals surface area contributed by atoms with E-state index < -0.39 is 10.0 Å². The van der Waals surface area contributed by atoms with Gasteiger partial charge in [0, 0.05) is 16.7 Å². The number of halogens is 1. The van der Waals surface area contributed by atoms with Gasteiger partial charge in [-0.05, 0) is 39.7 Å². The molecule has 0 amide bonds. The molecule has 100 valence electrons. The van der Waals surface area contributed by atoms with E-state index >= 15 is 0 Å². The van der Waals surface area contributed by atoms with E-state index in [1.54, 1.807) is 42.5 Å². The number of anilines is 1. The van der Waals surface area contributed by atoms with Crippen LogP contribution in [0.15, 0.2) is 57.9 Å². The van der Waals surface area contributed by atoms with Crippen molar-refractivity contribution >= 4 is 31.6 Å². The van der Waals surface area contributed by atoms with Crippen molar-refractivity contribution in [2.45, 2.75) is 11.4 Å². The fourth-order valence-electron chi connectivity index (χ4n) is 1.61. The molecule has 0 aromatic heterocycles. The molecule has 6 heteroatoms. The predicted molar refractivity (Wildman–Crippen MR) is 79.0 cm³/mol. The first-order valence-corrected chi connectivity index (χ1v) is 7.86. The second kappa shape index (κ2) is 5.73. The van der Waals surface area contributed by atoms with E-state index in [-0.39, 0.29) is 11.4 Å². The van der Waals surface area contributed by atoms with Crippen molar-refractivity contribution in [2.75, 3.05) is 5.73 Å². The second-order valence-electron chi connectivity index (χ2n) is 3.95. The molecule has 19 heavy (non-hydrogen) atoms. The molecular weight excluding hydrogens is 328 g/mol. The van der Waals surface area contributed by atoms with Gasteiger partial charge in [0.1, 0.15) is 0 Å². The third kappa shape index (κ3) is 3.34. The van der Waals surface area contributed by atoms with E-state index in [1.807, 2.05) is 6.07 Å². The zero-order valence-corrected chi connectivity index (χ0v) is 12.4. The van der Waals surface area contributed by atoms with Crippen LogP contribution in [0.2, 0.25) is 0 Å². The largest absolute Gasteiger partial charge is 0.398 e. The Morgan fingerprint density at radius 1 is 1.05 bits per heavy atom. The predicted octanol–water partition coefficient (Wildman–Crippen LogP) is 2.51. The minimum Gasteiger partial charge on any atom is -0.398 e. The van der Waals surface area contributed by atoms with E-state index in [0.29, 0.717) is 10.2 Å². The number of nitrogens with two attached hydrogens (primary N) is 1. The van der Waals surface area contributed by atoms with E-state index in [1.165, 1.54) is 0 Å². The molecule has 0 fully saturated rings. The van der Waals surface area contributed by atoms with Gasteiger partial charge in [-0.2, -0.15) is 0 Å². The summed E-state index contributed by atoms with van der Waals surface area (Å²) in [6.45, 7) is 0.163. The maximum absolute atomic E-state index is 12.2. The summed E-state index contributed by atoms with van der Waals surface area (Å²) in [7, 11) is -3.56. The Kier molecular flexibility index (Phi) is 4.24. The lowest BCUT2D eigenvalue weighted by Gasteiger charge is -2.09. The summed E-state index contributed by atoms with van der Waals surface area (Å²) in [5.74, 6) is 0. The normalized spacial score (nSPS) is 11.4. The zero-order valence-electron chi connectivity index (χ0n) is 10.0. The lowest BCUT2D eigenvalue weighted by molar-refractivity contribution is 0.581. The smallest absolute Gasteiger partial charge is 0.241 e. The Hall–Kier alpha value is -1.37. The molecule has 0 atom stereocenters. The number of nitrogens with one attached hydrogen (secondary N) is 1. The van der Waals surface area contributed by atoms with Crippen molar-refractivity contribution < 1.29 is 8.42 Å². The minimum atomic E-state index is -3.56. The van der Waals surface area contributed by atoms with Crippen LogP contribution in [0.1, 0.15) is 5.56 Å². The first-order chi connectivity index (χ1) is 9.00. The highest BCUT2D eigenvalue weighted by molar-refractivity contribution is 9.10. The SMILES string of the molecule is Nc1ccccc1CNS(=O)(=O)c1ccccc1Br. The molecule has 0 aliphatic rings. The van der Waals surface area contributed by atoms with Gasteiger partial charge in [0.05, 0.1) is 4.90 Å². The quantitative estimate of drug-likeness (QED) is 0.840. The van der Waals surface area contributed by atoms with Gasteiger partial charge in [0.2, 0.25) is 10.0 Å². The number of hydrogen-bond donors (Lipinski definition) is 2. The lowest BCUT2D eigenvalue weighted by atomic mass is 10.2. The fraction of sp³-hybridized carbons (Fsp3) is 0.0769. The third-order valence-electron chi connectivity index (χ3n) is 2.63. The molecule has 0 spiro atoms. The molecule has 0 aliphatic carbocycles. The van der Waals surface area contributed by atoms with E-state index in [9.17, 15) is 8.42 Å². The highest BCUT2D eigenvalue weighted by Crippen LogP contribution is 2.21. The van der Waals surface area contributed by atoms with Crippen molar-refractivity contribution in [3.63, 3.8) is 0 Å². The maximum Gasteiger partial charge on any atom is 0.241 e. The van der Waals surface area contributed by atoms with Gasteiger partial charge in [-0.1, -0.05) is 30.3 Å². The van der Waals surface area contributed by atoms with E-state index in [2.05, 4.69) is 20.7 Å². The van der Waals surface area contributed by atoms with Crippen molar-refractivity contribution in [3.8, 4) is 0 Å². The molecule has 4 nitrogen and oxygen atoms in total. The van der Waals surface area contributed by atoms with Crippen LogP contribution >= 0.6 is 15.9 Å². The Bertz CT molecular complexity index is 687. The Labute approximate surface area is 120 Å². The van der Waals surface area contributed by atoms with Gasteiger partial charge in [-0.3, -0.25) is 0 Å². The van der Waals surface area contributed by atoms with Gasteiger partial charge in [-0.25, -0.2) is 13.1 Å². The summed E-state index contributed by atoms with van der Waals surface area (Å²) in [6.07, 6.45) is 0. The summed E-state index contributed by atoms with van der Waals surface area (Å²) in [6, 6.07) is 13.8. The molecule has 0 bridgehead atoms. The van der Waals surface area contributed by atoms with Crippen LogP contribution in [0.5, 0.6) is 0 Å². The molecule has 0 heterocycles. The molecule has 0 radical (unpaired) electrons. The molecule has 0 aliphatic heterocycles. The number of rotatable bonds is 4. The van der Waals surface area contributed by atoms with Gasteiger partial charge >= 0.3 is 0 Å². The zero-order chi connectivity index (χ0) is 13.9. The minimum absolute atomic E-state index is 0.163.